The number of rotatable bonds is 5. The minimum atomic E-state index is -0.990. The van der Waals surface area contributed by atoms with Gasteiger partial charge in [0, 0.05) is 31.3 Å². The highest BCUT2D eigenvalue weighted by molar-refractivity contribution is 5.85. The van der Waals surface area contributed by atoms with Crippen LogP contribution in [0.25, 0.3) is 0 Å². The third kappa shape index (κ3) is 4.06. The number of carbonyl (C=O) groups excluding carboxylic acids is 2. The van der Waals surface area contributed by atoms with Crippen LogP contribution in [0.4, 0.5) is 0 Å². The van der Waals surface area contributed by atoms with Gasteiger partial charge in [0.05, 0.1) is 0 Å². The maximum atomic E-state index is 12.7. The molecule has 1 aliphatic carbocycles. The van der Waals surface area contributed by atoms with Crippen molar-refractivity contribution in [2.45, 2.75) is 64.1 Å². The molecule has 2 amide bonds. The van der Waals surface area contributed by atoms with Crippen LogP contribution in [-0.2, 0) is 27.3 Å². The predicted molar refractivity (Wildman–Crippen MR) is 96.3 cm³/mol. The lowest BCUT2D eigenvalue weighted by Crippen LogP contribution is -2.50. The van der Waals surface area contributed by atoms with Gasteiger partial charge in [-0.05, 0) is 30.9 Å². The molecule has 1 heterocycles. The van der Waals surface area contributed by atoms with E-state index in [1.54, 1.807) is 6.92 Å². The largest absolute Gasteiger partial charge is 0.480 e. The second-order valence-corrected chi connectivity index (χ2v) is 7.44. The molecule has 3 rings (SSSR count). The molecule has 140 valence electrons. The van der Waals surface area contributed by atoms with Crippen LogP contribution < -0.4 is 5.32 Å². The van der Waals surface area contributed by atoms with E-state index in [9.17, 15) is 19.5 Å². The van der Waals surface area contributed by atoms with Gasteiger partial charge < -0.3 is 15.3 Å². The third-order valence-electron chi connectivity index (χ3n) is 5.45. The minimum Gasteiger partial charge on any atom is -0.480 e. The summed E-state index contributed by atoms with van der Waals surface area (Å²) in [6, 6.07) is 6.47. The summed E-state index contributed by atoms with van der Waals surface area (Å²) in [4.78, 5) is 38.1. The first-order valence-corrected chi connectivity index (χ1v) is 9.35. The van der Waals surface area contributed by atoms with Gasteiger partial charge in [-0.1, -0.05) is 37.1 Å². The van der Waals surface area contributed by atoms with Gasteiger partial charge in [-0.3, -0.25) is 9.59 Å². The number of hydrogen-bond acceptors (Lipinski definition) is 3. The van der Waals surface area contributed by atoms with E-state index in [0.717, 1.165) is 36.8 Å². The van der Waals surface area contributed by atoms with E-state index in [4.69, 9.17) is 0 Å². The number of carboxylic acid groups (broad SMARTS) is 1. The smallest absolute Gasteiger partial charge is 0.326 e. The maximum Gasteiger partial charge on any atom is 0.326 e. The van der Waals surface area contributed by atoms with Gasteiger partial charge in [0.15, 0.2) is 0 Å². The van der Waals surface area contributed by atoms with Gasteiger partial charge in [-0.2, -0.15) is 0 Å². The molecular formula is C20H26N2O4. The summed E-state index contributed by atoms with van der Waals surface area (Å²) < 4.78 is 0. The number of benzene rings is 1. The second kappa shape index (κ2) is 7.89. The molecule has 6 heteroatoms. The summed E-state index contributed by atoms with van der Waals surface area (Å²) in [6.07, 6.45) is 4.43. The fourth-order valence-corrected chi connectivity index (χ4v) is 3.98. The van der Waals surface area contributed by atoms with E-state index < -0.39 is 12.0 Å². The Bertz CT molecular complexity index is 697. The fourth-order valence-electron chi connectivity index (χ4n) is 3.98. The molecule has 1 fully saturated rings. The van der Waals surface area contributed by atoms with Crippen LogP contribution in [0.1, 0.15) is 50.2 Å². The van der Waals surface area contributed by atoms with Crippen LogP contribution in [0.3, 0.4) is 0 Å². The molecule has 0 spiro atoms. The zero-order valence-corrected chi connectivity index (χ0v) is 15.1. The van der Waals surface area contributed by atoms with E-state index in [1.165, 1.54) is 4.90 Å². The van der Waals surface area contributed by atoms with Crippen LogP contribution in [0, 0.1) is 5.92 Å². The first-order chi connectivity index (χ1) is 12.5. The van der Waals surface area contributed by atoms with Crippen LogP contribution in [0.5, 0.6) is 0 Å². The summed E-state index contributed by atoms with van der Waals surface area (Å²) in [5, 5.41) is 12.5. The molecule has 2 atom stereocenters. The summed E-state index contributed by atoms with van der Waals surface area (Å²) in [6.45, 7) is 2.10. The molecule has 0 radical (unpaired) electrons. The Morgan fingerprint density at radius 3 is 2.50 bits per heavy atom. The van der Waals surface area contributed by atoms with E-state index in [0.29, 0.717) is 13.0 Å². The maximum absolute atomic E-state index is 12.7. The van der Waals surface area contributed by atoms with Crippen molar-refractivity contribution in [3.63, 3.8) is 0 Å². The number of nitrogens with one attached hydrogen (secondary N) is 1. The van der Waals surface area contributed by atoms with Gasteiger partial charge in [0.25, 0.3) is 0 Å². The Morgan fingerprint density at radius 2 is 1.85 bits per heavy atom. The lowest BCUT2D eigenvalue weighted by molar-refractivity contribution is -0.151. The highest BCUT2D eigenvalue weighted by Crippen LogP contribution is 2.26. The number of hydrogen-bond donors (Lipinski definition) is 2. The molecule has 1 aliphatic heterocycles. The van der Waals surface area contributed by atoms with Crippen molar-refractivity contribution in [1.82, 2.24) is 10.2 Å². The van der Waals surface area contributed by atoms with Crippen LogP contribution in [0.15, 0.2) is 24.3 Å². The monoisotopic (exact) mass is 358 g/mol. The molecule has 2 N–H and O–H groups in total. The van der Waals surface area contributed by atoms with Crippen molar-refractivity contribution >= 4 is 17.8 Å². The predicted octanol–water partition coefficient (Wildman–Crippen LogP) is 2.11. The molecule has 2 unspecified atom stereocenters. The lowest BCUT2D eigenvalue weighted by atomic mass is 9.93. The second-order valence-electron chi connectivity index (χ2n) is 7.44. The Balaban J connectivity index is 1.63. The lowest BCUT2D eigenvalue weighted by Gasteiger charge is -2.35. The number of nitrogens with zero attached hydrogens (tertiary/aromatic N) is 1. The van der Waals surface area contributed by atoms with Crippen LogP contribution >= 0.6 is 0 Å². The Kier molecular flexibility index (Phi) is 5.59. The molecule has 1 aromatic rings. The Hall–Kier alpha value is -2.37. The standard InChI is InChI=1S/C20H26N2O4/c1-13(21-19(24)14-6-2-3-7-14)10-18(23)22-12-16-9-5-4-8-15(16)11-17(22)20(25)26/h4-5,8-9,13-14,17H,2-3,6-7,10-12H2,1H3,(H,21,24)(H,25,26). The Labute approximate surface area is 153 Å². The minimum absolute atomic E-state index is 0.0153. The fraction of sp³-hybridized carbons (Fsp3) is 0.550. The van der Waals surface area contributed by atoms with Gasteiger partial charge in [0.2, 0.25) is 11.8 Å². The quantitative estimate of drug-likeness (QED) is 0.844. The summed E-state index contributed by atoms with van der Waals surface area (Å²) in [5.41, 5.74) is 1.97. The van der Waals surface area contributed by atoms with Crippen LogP contribution in [0.2, 0.25) is 0 Å². The number of aliphatic carboxylic acids is 1. The first-order valence-electron chi connectivity index (χ1n) is 9.35. The normalized spacial score (nSPS) is 21.1. The van der Waals surface area contributed by atoms with Crippen molar-refractivity contribution < 1.29 is 19.5 Å². The summed E-state index contributed by atoms with van der Waals surface area (Å²) in [5.74, 6) is -1.15. The van der Waals surface area contributed by atoms with Crippen molar-refractivity contribution in [2.75, 3.05) is 0 Å². The topological polar surface area (TPSA) is 86.7 Å². The average molecular weight is 358 g/mol. The van der Waals surface area contributed by atoms with Gasteiger partial charge >= 0.3 is 5.97 Å². The summed E-state index contributed by atoms with van der Waals surface area (Å²) in [7, 11) is 0. The average Bonchev–Trinajstić information content (AvgIpc) is 3.15. The van der Waals surface area contributed by atoms with E-state index in [-0.39, 0.29) is 30.2 Å². The van der Waals surface area contributed by atoms with Crippen molar-refractivity contribution in [3.05, 3.63) is 35.4 Å². The molecule has 0 bridgehead atoms. The zero-order chi connectivity index (χ0) is 18.7. The number of carboxylic acids is 1. The van der Waals surface area contributed by atoms with Gasteiger partial charge in [-0.25, -0.2) is 4.79 Å². The highest BCUT2D eigenvalue weighted by atomic mass is 16.4. The van der Waals surface area contributed by atoms with Gasteiger partial charge in [0.1, 0.15) is 6.04 Å². The molecule has 6 nitrogen and oxygen atoms in total. The van der Waals surface area contributed by atoms with Crippen LogP contribution in [-0.4, -0.2) is 39.9 Å². The Morgan fingerprint density at radius 1 is 1.19 bits per heavy atom. The molecule has 2 aliphatic rings. The summed E-state index contributed by atoms with van der Waals surface area (Å²) >= 11 is 0. The third-order valence-corrected chi connectivity index (χ3v) is 5.45. The number of amides is 2. The molecular weight excluding hydrogens is 332 g/mol. The first kappa shape index (κ1) is 18.4. The SMILES string of the molecule is CC(CC(=O)N1Cc2ccccc2CC1C(=O)O)NC(=O)C1CCCC1. The number of fused-ring (bicyclic) bond motifs is 1. The number of carbonyl (C=O) groups is 3. The molecule has 1 saturated carbocycles. The van der Waals surface area contributed by atoms with E-state index in [1.807, 2.05) is 24.3 Å². The van der Waals surface area contributed by atoms with Crippen molar-refractivity contribution in [3.8, 4) is 0 Å². The zero-order valence-electron chi connectivity index (χ0n) is 15.1. The van der Waals surface area contributed by atoms with Crippen molar-refractivity contribution in [1.29, 1.82) is 0 Å². The molecule has 0 saturated heterocycles. The molecule has 1 aromatic carbocycles. The van der Waals surface area contributed by atoms with Gasteiger partial charge in [-0.15, -0.1) is 0 Å². The van der Waals surface area contributed by atoms with E-state index >= 15 is 0 Å². The highest BCUT2D eigenvalue weighted by Gasteiger charge is 2.35. The molecule has 0 aromatic heterocycles. The van der Waals surface area contributed by atoms with Crippen molar-refractivity contribution in [2.24, 2.45) is 5.92 Å². The molecule has 26 heavy (non-hydrogen) atoms. The van der Waals surface area contributed by atoms with E-state index in [2.05, 4.69) is 5.32 Å².